The van der Waals surface area contributed by atoms with Crippen molar-refractivity contribution >= 4 is 11.8 Å². The molecule has 0 spiro atoms. The molecule has 116 valence electrons. The molecule has 0 aromatic heterocycles. The van der Waals surface area contributed by atoms with Crippen LogP contribution in [0.5, 0.6) is 0 Å². The van der Waals surface area contributed by atoms with Gasteiger partial charge in [-0.3, -0.25) is 9.59 Å². The SMILES string of the molecule is CCC(C)NC(=O)CCN1CCCC(NC(C)C)C1=O. The number of nitrogens with one attached hydrogen (secondary N) is 2. The highest BCUT2D eigenvalue weighted by Crippen LogP contribution is 2.12. The van der Waals surface area contributed by atoms with Crippen LogP contribution in [0.3, 0.4) is 0 Å². The van der Waals surface area contributed by atoms with E-state index in [1.54, 1.807) is 0 Å². The molecule has 0 radical (unpaired) electrons. The summed E-state index contributed by atoms with van der Waals surface area (Å²) >= 11 is 0. The van der Waals surface area contributed by atoms with E-state index in [0.717, 1.165) is 25.8 Å². The zero-order valence-corrected chi connectivity index (χ0v) is 13.2. The monoisotopic (exact) mass is 283 g/mol. The van der Waals surface area contributed by atoms with Crippen molar-refractivity contribution in [3.05, 3.63) is 0 Å². The Hall–Kier alpha value is -1.10. The largest absolute Gasteiger partial charge is 0.354 e. The third-order valence-electron chi connectivity index (χ3n) is 3.69. The first-order valence-electron chi connectivity index (χ1n) is 7.78. The van der Waals surface area contributed by atoms with Gasteiger partial charge in [0, 0.05) is 31.6 Å². The summed E-state index contributed by atoms with van der Waals surface area (Å²) in [6, 6.07) is 0.425. The predicted molar refractivity (Wildman–Crippen MR) is 80.4 cm³/mol. The quantitative estimate of drug-likeness (QED) is 0.740. The minimum absolute atomic E-state index is 0.0334. The van der Waals surface area contributed by atoms with Crippen molar-refractivity contribution in [3.63, 3.8) is 0 Å². The average molecular weight is 283 g/mol. The van der Waals surface area contributed by atoms with E-state index in [2.05, 4.69) is 10.6 Å². The molecule has 0 aromatic carbocycles. The van der Waals surface area contributed by atoms with Gasteiger partial charge in [0.05, 0.1) is 6.04 Å². The third-order valence-corrected chi connectivity index (χ3v) is 3.69. The van der Waals surface area contributed by atoms with Crippen LogP contribution in [0.25, 0.3) is 0 Å². The maximum atomic E-state index is 12.3. The van der Waals surface area contributed by atoms with E-state index in [4.69, 9.17) is 0 Å². The highest BCUT2D eigenvalue weighted by Gasteiger charge is 2.28. The molecule has 1 aliphatic heterocycles. The van der Waals surface area contributed by atoms with Gasteiger partial charge in [0.15, 0.2) is 0 Å². The highest BCUT2D eigenvalue weighted by atomic mass is 16.2. The molecule has 5 nitrogen and oxygen atoms in total. The van der Waals surface area contributed by atoms with Crippen molar-refractivity contribution in [1.82, 2.24) is 15.5 Å². The molecule has 2 atom stereocenters. The van der Waals surface area contributed by atoms with E-state index in [-0.39, 0.29) is 23.9 Å². The van der Waals surface area contributed by atoms with Gasteiger partial charge in [-0.1, -0.05) is 20.8 Å². The number of rotatable bonds is 7. The van der Waals surface area contributed by atoms with Gasteiger partial charge in [-0.2, -0.15) is 0 Å². The van der Waals surface area contributed by atoms with Gasteiger partial charge < -0.3 is 15.5 Å². The van der Waals surface area contributed by atoms with Crippen LogP contribution in [-0.4, -0.2) is 47.9 Å². The summed E-state index contributed by atoms with van der Waals surface area (Å²) in [6.45, 7) is 9.43. The van der Waals surface area contributed by atoms with Gasteiger partial charge in [-0.25, -0.2) is 0 Å². The van der Waals surface area contributed by atoms with Crippen molar-refractivity contribution in [3.8, 4) is 0 Å². The van der Waals surface area contributed by atoms with Gasteiger partial charge in [-0.05, 0) is 26.2 Å². The second kappa shape index (κ2) is 8.25. The van der Waals surface area contributed by atoms with E-state index >= 15 is 0 Å². The van der Waals surface area contributed by atoms with E-state index < -0.39 is 0 Å². The number of piperidine rings is 1. The smallest absolute Gasteiger partial charge is 0.239 e. The normalized spacial score (nSPS) is 21.1. The molecular formula is C15H29N3O2. The molecule has 1 aliphatic rings. The lowest BCUT2D eigenvalue weighted by atomic mass is 10.0. The fourth-order valence-electron chi connectivity index (χ4n) is 2.40. The van der Waals surface area contributed by atoms with E-state index in [1.807, 2.05) is 32.6 Å². The van der Waals surface area contributed by atoms with Crippen LogP contribution >= 0.6 is 0 Å². The average Bonchev–Trinajstić information content (AvgIpc) is 2.39. The molecule has 2 unspecified atom stereocenters. The molecule has 1 saturated heterocycles. The zero-order chi connectivity index (χ0) is 15.1. The van der Waals surface area contributed by atoms with Gasteiger partial charge in [-0.15, -0.1) is 0 Å². The highest BCUT2D eigenvalue weighted by molar-refractivity contribution is 5.83. The molecule has 2 N–H and O–H groups in total. The standard InChI is InChI=1S/C15H29N3O2/c1-5-12(4)17-14(19)8-10-18-9-6-7-13(15(18)20)16-11(2)3/h11-13,16H,5-10H2,1-4H3,(H,17,19). The van der Waals surface area contributed by atoms with Gasteiger partial charge in [0.2, 0.25) is 11.8 Å². The number of carbonyl (C=O) groups is 2. The minimum atomic E-state index is -0.0821. The number of hydrogen-bond donors (Lipinski definition) is 2. The topological polar surface area (TPSA) is 61.4 Å². The summed E-state index contributed by atoms with van der Waals surface area (Å²) < 4.78 is 0. The van der Waals surface area contributed by atoms with E-state index in [9.17, 15) is 9.59 Å². The molecule has 1 heterocycles. The van der Waals surface area contributed by atoms with Gasteiger partial charge >= 0.3 is 0 Å². The molecule has 0 aromatic rings. The first-order valence-corrected chi connectivity index (χ1v) is 7.78. The summed E-state index contributed by atoms with van der Waals surface area (Å²) in [5, 5.41) is 6.23. The lowest BCUT2D eigenvalue weighted by Gasteiger charge is -2.33. The lowest BCUT2D eigenvalue weighted by Crippen LogP contribution is -2.53. The second-order valence-corrected chi connectivity index (χ2v) is 5.97. The Kier molecular flexibility index (Phi) is 6.99. The molecule has 2 amide bonds. The summed E-state index contributed by atoms with van der Waals surface area (Å²) in [5.41, 5.74) is 0. The van der Waals surface area contributed by atoms with Crippen LogP contribution in [-0.2, 0) is 9.59 Å². The Balaban J connectivity index is 2.39. The van der Waals surface area contributed by atoms with Crippen molar-refractivity contribution in [2.24, 2.45) is 0 Å². The fraction of sp³-hybridized carbons (Fsp3) is 0.867. The first kappa shape index (κ1) is 17.0. The number of carbonyl (C=O) groups excluding carboxylic acids is 2. The molecule has 0 saturated carbocycles. The summed E-state index contributed by atoms with van der Waals surface area (Å²) in [5.74, 6) is 0.174. The van der Waals surface area contributed by atoms with Crippen LogP contribution in [0.15, 0.2) is 0 Å². The maximum Gasteiger partial charge on any atom is 0.239 e. The van der Waals surface area contributed by atoms with Crippen molar-refractivity contribution in [2.45, 2.75) is 71.5 Å². The zero-order valence-electron chi connectivity index (χ0n) is 13.2. The Morgan fingerprint density at radius 1 is 1.40 bits per heavy atom. The molecule has 1 fully saturated rings. The Morgan fingerprint density at radius 2 is 2.10 bits per heavy atom. The maximum absolute atomic E-state index is 12.3. The summed E-state index contributed by atoms with van der Waals surface area (Å²) in [6.07, 6.45) is 3.22. The van der Waals surface area contributed by atoms with Crippen LogP contribution in [0, 0.1) is 0 Å². The van der Waals surface area contributed by atoms with Crippen LogP contribution in [0.1, 0.15) is 53.4 Å². The van der Waals surface area contributed by atoms with Crippen molar-refractivity contribution < 1.29 is 9.59 Å². The molecule has 5 heteroatoms. The lowest BCUT2D eigenvalue weighted by molar-refractivity contribution is -0.136. The van der Waals surface area contributed by atoms with Crippen LogP contribution in [0.2, 0.25) is 0 Å². The minimum Gasteiger partial charge on any atom is -0.354 e. The molecule has 0 aliphatic carbocycles. The first-order chi connectivity index (χ1) is 9.43. The Labute approximate surface area is 122 Å². The van der Waals surface area contributed by atoms with Crippen LogP contribution in [0.4, 0.5) is 0 Å². The van der Waals surface area contributed by atoms with Crippen molar-refractivity contribution in [1.29, 1.82) is 0 Å². The molecule has 20 heavy (non-hydrogen) atoms. The molecular weight excluding hydrogens is 254 g/mol. The third kappa shape index (κ3) is 5.49. The summed E-state index contributed by atoms with van der Waals surface area (Å²) in [7, 11) is 0. The molecule has 0 bridgehead atoms. The van der Waals surface area contributed by atoms with Crippen molar-refractivity contribution in [2.75, 3.05) is 13.1 Å². The Morgan fingerprint density at radius 3 is 2.70 bits per heavy atom. The van der Waals surface area contributed by atoms with E-state index in [1.165, 1.54) is 0 Å². The Bertz CT molecular complexity index is 331. The summed E-state index contributed by atoms with van der Waals surface area (Å²) in [4.78, 5) is 25.9. The number of nitrogens with zero attached hydrogens (tertiary/aromatic N) is 1. The molecule has 1 rings (SSSR count). The number of hydrogen-bond acceptors (Lipinski definition) is 3. The van der Waals surface area contributed by atoms with E-state index in [0.29, 0.717) is 19.0 Å². The number of likely N-dealkylation sites (tertiary alicyclic amines) is 1. The van der Waals surface area contributed by atoms with Gasteiger partial charge in [0.1, 0.15) is 0 Å². The number of amides is 2. The van der Waals surface area contributed by atoms with Gasteiger partial charge in [0.25, 0.3) is 0 Å². The fourth-order valence-corrected chi connectivity index (χ4v) is 2.40. The second-order valence-electron chi connectivity index (χ2n) is 5.97. The predicted octanol–water partition coefficient (Wildman–Crippen LogP) is 1.28. The van der Waals surface area contributed by atoms with Crippen LogP contribution < -0.4 is 10.6 Å².